The highest BCUT2D eigenvalue weighted by atomic mass is 32.2. The SMILES string of the molecule is CC(=O)SCC1CCCN(C(=O)OC(C)(C)C)CC1. The summed E-state index contributed by atoms with van der Waals surface area (Å²) in [6.45, 7) is 8.75. The maximum Gasteiger partial charge on any atom is 0.410 e. The van der Waals surface area contributed by atoms with E-state index in [1.807, 2.05) is 20.8 Å². The number of rotatable bonds is 2. The number of hydrogen-bond donors (Lipinski definition) is 0. The number of thioether (sulfide) groups is 1. The molecular formula is C14H25NO3S. The van der Waals surface area contributed by atoms with E-state index < -0.39 is 5.60 Å². The normalized spacial score (nSPS) is 20.8. The fourth-order valence-electron chi connectivity index (χ4n) is 2.08. The van der Waals surface area contributed by atoms with E-state index in [0.29, 0.717) is 5.92 Å². The third-order valence-electron chi connectivity index (χ3n) is 3.02. The van der Waals surface area contributed by atoms with Crippen molar-refractivity contribution < 1.29 is 14.3 Å². The number of carbonyl (C=O) groups is 2. The van der Waals surface area contributed by atoms with Crippen LogP contribution < -0.4 is 0 Å². The Kier molecular flexibility index (Phi) is 6.17. The minimum absolute atomic E-state index is 0.174. The molecule has 1 rings (SSSR count). The zero-order valence-electron chi connectivity index (χ0n) is 12.4. The number of hydrogen-bond acceptors (Lipinski definition) is 4. The molecule has 1 aliphatic rings. The molecule has 1 atom stereocenters. The molecule has 0 aromatic carbocycles. The number of nitrogens with zero attached hydrogens (tertiary/aromatic N) is 1. The van der Waals surface area contributed by atoms with E-state index in [0.717, 1.165) is 38.1 Å². The standard InChI is InChI=1S/C14H25NO3S/c1-11(16)19-10-12-6-5-8-15(9-7-12)13(17)18-14(2,3)4/h12H,5-10H2,1-4H3. The lowest BCUT2D eigenvalue weighted by atomic mass is 10.0. The fraction of sp³-hybridized carbons (Fsp3) is 0.857. The summed E-state index contributed by atoms with van der Waals surface area (Å²) in [6, 6.07) is 0. The monoisotopic (exact) mass is 287 g/mol. The van der Waals surface area contributed by atoms with Gasteiger partial charge in [0.1, 0.15) is 5.60 Å². The van der Waals surface area contributed by atoms with Crippen LogP contribution in [0.2, 0.25) is 0 Å². The smallest absolute Gasteiger partial charge is 0.410 e. The van der Waals surface area contributed by atoms with Crippen molar-refractivity contribution in [1.29, 1.82) is 0 Å². The summed E-state index contributed by atoms with van der Waals surface area (Å²) in [5, 5.41) is 0.174. The molecule has 0 N–H and O–H groups in total. The number of carbonyl (C=O) groups excluding carboxylic acids is 2. The number of ether oxygens (including phenoxy) is 1. The molecule has 0 radical (unpaired) electrons. The van der Waals surface area contributed by atoms with Crippen LogP contribution in [0.25, 0.3) is 0 Å². The van der Waals surface area contributed by atoms with Crippen molar-refractivity contribution in [2.45, 2.75) is 52.6 Å². The van der Waals surface area contributed by atoms with E-state index in [4.69, 9.17) is 4.74 Å². The van der Waals surface area contributed by atoms with E-state index in [2.05, 4.69) is 0 Å². The van der Waals surface area contributed by atoms with E-state index >= 15 is 0 Å². The van der Waals surface area contributed by atoms with Gasteiger partial charge in [-0.3, -0.25) is 4.79 Å². The van der Waals surface area contributed by atoms with Gasteiger partial charge in [-0.05, 0) is 46.0 Å². The van der Waals surface area contributed by atoms with Gasteiger partial charge >= 0.3 is 6.09 Å². The first kappa shape index (κ1) is 16.3. The first-order valence-corrected chi connectivity index (χ1v) is 7.88. The Morgan fingerprint density at radius 1 is 1.26 bits per heavy atom. The average Bonchev–Trinajstić information content (AvgIpc) is 2.49. The lowest BCUT2D eigenvalue weighted by Crippen LogP contribution is -2.37. The summed E-state index contributed by atoms with van der Waals surface area (Å²) in [7, 11) is 0. The maximum atomic E-state index is 12.0. The van der Waals surface area contributed by atoms with E-state index in [-0.39, 0.29) is 11.2 Å². The zero-order valence-corrected chi connectivity index (χ0v) is 13.2. The van der Waals surface area contributed by atoms with E-state index in [1.54, 1.807) is 11.8 Å². The van der Waals surface area contributed by atoms with Crippen molar-refractivity contribution in [2.24, 2.45) is 5.92 Å². The Balaban J connectivity index is 2.41. The Hall–Kier alpha value is -0.710. The Bertz CT molecular complexity index is 325. The van der Waals surface area contributed by atoms with Crippen molar-refractivity contribution in [1.82, 2.24) is 4.90 Å². The van der Waals surface area contributed by atoms with Gasteiger partial charge in [0, 0.05) is 25.8 Å². The predicted octanol–water partition coefficient (Wildman–Crippen LogP) is 3.30. The molecule has 4 nitrogen and oxygen atoms in total. The van der Waals surface area contributed by atoms with Gasteiger partial charge < -0.3 is 9.64 Å². The van der Waals surface area contributed by atoms with E-state index in [1.165, 1.54) is 11.8 Å². The van der Waals surface area contributed by atoms with Gasteiger partial charge in [0.2, 0.25) is 0 Å². The average molecular weight is 287 g/mol. The largest absolute Gasteiger partial charge is 0.444 e. The van der Waals surface area contributed by atoms with Gasteiger partial charge in [0.15, 0.2) is 5.12 Å². The van der Waals surface area contributed by atoms with Crippen molar-refractivity contribution in [2.75, 3.05) is 18.8 Å². The second-order valence-corrected chi connectivity index (χ2v) is 7.26. The number of likely N-dealkylation sites (tertiary alicyclic amines) is 1. The van der Waals surface area contributed by atoms with Crippen molar-refractivity contribution in [3.8, 4) is 0 Å². The van der Waals surface area contributed by atoms with Crippen molar-refractivity contribution in [3.05, 3.63) is 0 Å². The molecule has 0 spiro atoms. The molecule has 1 unspecified atom stereocenters. The molecule has 1 heterocycles. The van der Waals surface area contributed by atoms with Crippen LogP contribution in [0, 0.1) is 5.92 Å². The maximum absolute atomic E-state index is 12.0. The third-order valence-corrected chi connectivity index (χ3v) is 4.07. The van der Waals surface area contributed by atoms with Crippen LogP contribution in [0.3, 0.4) is 0 Å². The molecular weight excluding hydrogens is 262 g/mol. The van der Waals surface area contributed by atoms with Crippen molar-refractivity contribution >= 4 is 23.0 Å². The fourth-order valence-corrected chi connectivity index (χ4v) is 2.88. The van der Waals surface area contributed by atoms with Crippen LogP contribution in [-0.4, -0.2) is 40.6 Å². The van der Waals surface area contributed by atoms with Gasteiger partial charge in [-0.15, -0.1) is 0 Å². The van der Waals surface area contributed by atoms with Gasteiger partial charge in [-0.25, -0.2) is 4.79 Å². The Morgan fingerprint density at radius 3 is 2.53 bits per heavy atom. The molecule has 1 fully saturated rings. The summed E-state index contributed by atoms with van der Waals surface area (Å²) >= 11 is 1.39. The molecule has 0 aliphatic carbocycles. The van der Waals surface area contributed by atoms with Gasteiger partial charge in [-0.1, -0.05) is 11.8 Å². The molecule has 110 valence electrons. The highest BCUT2D eigenvalue weighted by Crippen LogP contribution is 2.23. The third kappa shape index (κ3) is 6.85. The topological polar surface area (TPSA) is 46.6 Å². The molecule has 0 aromatic heterocycles. The second kappa shape index (κ2) is 7.17. The molecule has 0 aromatic rings. The van der Waals surface area contributed by atoms with E-state index in [9.17, 15) is 9.59 Å². The van der Waals surface area contributed by atoms with Crippen LogP contribution >= 0.6 is 11.8 Å². The highest BCUT2D eigenvalue weighted by Gasteiger charge is 2.25. The Labute approximate surface area is 120 Å². The van der Waals surface area contributed by atoms with Gasteiger partial charge in [0.05, 0.1) is 0 Å². The van der Waals surface area contributed by atoms with Gasteiger partial charge in [0.25, 0.3) is 0 Å². The first-order chi connectivity index (χ1) is 8.78. The van der Waals surface area contributed by atoms with Crippen molar-refractivity contribution in [3.63, 3.8) is 0 Å². The molecule has 19 heavy (non-hydrogen) atoms. The predicted molar refractivity (Wildman–Crippen MR) is 78.3 cm³/mol. The van der Waals surface area contributed by atoms with Crippen LogP contribution in [0.15, 0.2) is 0 Å². The second-order valence-electron chi connectivity index (χ2n) is 6.07. The summed E-state index contributed by atoms with van der Waals surface area (Å²) in [6.07, 6.45) is 2.81. The van der Waals surface area contributed by atoms with Crippen LogP contribution in [0.5, 0.6) is 0 Å². The van der Waals surface area contributed by atoms with Gasteiger partial charge in [-0.2, -0.15) is 0 Å². The summed E-state index contributed by atoms with van der Waals surface area (Å²) in [4.78, 5) is 24.8. The molecule has 0 saturated carbocycles. The molecule has 5 heteroatoms. The lowest BCUT2D eigenvalue weighted by Gasteiger charge is -2.26. The first-order valence-electron chi connectivity index (χ1n) is 6.89. The van der Waals surface area contributed by atoms with Crippen LogP contribution in [-0.2, 0) is 9.53 Å². The summed E-state index contributed by atoms with van der Waals surface area (Å²) < 4.78 is 5.39. The lowest BCUT2D eigenvalue weighted by molar-refractivity contribution is -0.109. The number of amides is 1. The van der Waals surface area contributed by atoms with Crippen LogP contribution in [0.4, 0.5) is 4.79 Å². The molecule has 1 saturated heterocycles. The summed E-state index contributed by atoms with van der Waals surface area (Å²) in [5.41, 5.74) is -0.437. The summed E-state index contributed by atoms with van der Waals surface area (Å²) in [5.74, 6) is 1.40. The van der Waals surface area contributed by atoms with Crippen LogP contribution in [0.1, 0.15) is 47.0 Å². The quantitative estimate of drug-likeness (QED) is 0.782. The molecule has 1 aliphatic heterocycles. The highest BCUT2D eigenvalue weighted by molar-refractivity contribution is 8.13. The minimum Gasteiger partial charge on any atom is -0.444 e. The zero-order chi connectivity index (χ0) is 14.5. The minimum atomic E-state index is -0.437. The molecule has 1 amide bonds. The molecule has 0 bridgehead atoms. The Morgan fingerprint density at radius 2 is 1.95 bits per heavy atom.